The van der Waals surface area contributed by atoms with E-state index >= 15 is 0 Å². The maximum absolute atomic E-state index is 11.6. The lowest BCUT2D eigenvalue weighted by Gasteiger charge is -2.19. The van der Waals surface area contributed by atoms with Gasteiger partial charge in [0, 0.05) is 6.42 Å². The largest absolute Gasteiger partial charge is 0.488 e. The molecule has 0 amide bonds. The summed E-state index contributed by atoms with van der Waals surface area (Å²) in [5.41, 5.74) is 3.11. The molecule has 2 aromatic rings. The monoisotopic (exact) mass is 370 g/mol. The summed E-state index contributed by atoms with van der Waals surface area (Å²) in [4.78, 5) is 11.6. The summed E-state index contributed by atoms with van der Waals surface area (Å²) in [6.45, 7) is 3.85. The van der Waals surface area contributed by atoms with Crippen LogP contribution in [-0.2, 0) is 32.0 Å². The highest BCUT2D eigenvalue weighted by atomic mass is 16.7. The third-order valence-corrected chi connectivity index (χ3v) is 4.38. The molecular formula is C22H26O5. The van der Waals surface area contributed by atoms with E-state index in [9.17, 15) is 4.79 Å². The SMILES string of the molecule is CCOC(=O)CCCc1cccc(OCc2ccccc2)c1C1OCCO1. The first-order chi connectivity index (χ1) is 13.3. The van der Waals surface area contributed by atoms with E-state index in [1.165, 1.54) is 0 Å². The molecule has 0 radical (unpaired) electrons. The van der Waals surface area contributed by atoms with Crippen LogP contribution in [-0.4, -0.2) is 25.8 Å². The topological polar surface area (TPSA) is 54.0 Å². The lowest BCUT2D eigenvalue weighted by Crippen LogP contribution is -2.09. The molecule has 1 aliphatic rings. The minimum atomic E-state index is -0.422. The number of hydrogen-bond acceptors (Lipinski definition) is 5. The molecule has 0 bridgehead atoms. The second-order valence-electron chi connectivity index (χ2n) is 6.34. The molecular weight excluding hydrogens is 344 g/mol. The van der Waals surface area contributed by atoms with Gasteiger partial charge in [0.25, 0.3) is 0 Å². The predicted molar refractivity (Wildman–Crippen MR) is 101 cm³/mol. The fourth-order valence-electron chi connectivity index (χ4n) is 3.12. The number of benzene rings is 2. The van der Waals surface area contributed by atoms with Crippen molar-refractivity contribution in [1.29, 1.82) is 0 Å². The number of rotatable bonds is 9. The minimum absolute atomic E-state index is 0.163. The zero-order valence-corrected chi connectivity index (χ0v) is 15.7. The Morgan fingerprint density at radius 1 is 1.07 bits per heavy atom. The van der Waals surface area contributed by atoms with Crippen molar-refractivity contribution in [2.45, 2.75) is 39.1 Å². The van der Waals surface area contributed by atoms with E-state index in [0.29, 0.717) is 39.3 Å². The minimum Gasteiger partial charge on any atom is -0.488 e. The first-order valence-corrected chi connectivity index (χ1v) is 9.45. The third-order valence-electron chi connectivity index (χ3n) is 4.38. The van der Waals surface area contributed by atoms with Crippen LogP contribution in [0.4, 0.5) is 0 Å². The van der Waals surface area contributed by atoms with Gasteiger partial charge in [-0.2, -0.15) is 0 Å². The van der Waals surface area contributed by atoms with E-state index in [-0.39, 0.29) is 5.97 Å². The van der Waals surface area contributed by atoms with E-state index in [1.807, 2.05) is 55.5 Å². The second-order valence-corrected chi connectivity index (χ2v) is 6.34. The molecule has 2 aromatic carbocycles. The number of ether oxygens (including phenoxy) is 4. The molecule has 27 heavy (non-hydrogen) atoms. The highest BCUT2D eigenvalue weighted by Crippen LogP contribution is 2.35. The van der Waals surface area contributed by atoms with Crippen molar-refractivity contribution in [3.8, 4) is 5.75 Å². The molecule has 0 spiro atoms. The average Bonchev–Trinajstić information content (AvgIpc) is 3.22. The van der Waals surface area contributed by atoms with Crippen LogP contribution in [0.5, 0.6) is 5.75 Å². The first-order valence-electron chi connectivity index (χ1n) is 9.45. The van der Waals surface area contributed by atoms with Gasteiger partial charge in [-0.3, -0.25) is 4.79 Å². The van der Waals surface area contributed by atoms with Gasteiger partial charge in [-0.25, -0.2) is 0 Å². The zero-order valence-electron chi connectivity index (χ0n) is 15.7. The molecule has 1 heterocycles. The van der Waals surface area contributed by atoms with Crippen molar-refractivity contribution in [3.63, 3.8) is 0 Å². The summed E-state index contributed by atoms with van der Waals surface area (Å²) in [6, 6.07) is 16.0. The molecule has 0 aliphatic carbocycles. The number of aryl methyl sites for hydroxylation is 1. The van der Waals surface area contributed by atoms with Gasteiger partial charge in [-0.1, -0.05) is 42.5 Å². The number of esters is 1. The van der Waals surface area contributed by atoms with Gasteiger partial charge in [0.1, 0.15) is 12.4 Å². The van der Waals surface area contributed by atoms with Crippen LogP contribution in [0.15, 0.2) is 48.5 Å². The van der Waals surface area contributed by atoms with Gasteiger partial charge in [0.2, 0.25) is 0 Å². The lowest BCUT2D eigenvalue weighted by molar-refractivity contribution is -0.143. The van der Waals surface area contributed by atoms with Crippen LogP contribution < -0.4 is 4.74 Å². The van der Waals surface area contributed by atoms with Crippen molar-refractivity contribution < 1.29 is 23.7 Å². The van der Waals surface area contributed by atoms with Gasteiger partial charge in [0.15, 0.2) is 6.29 Å². The Kier molecular flexibility index (Phi) is 7.25. The van der Waals surface area contributed by atoms with Gasteiger partial charge < -0.3 is 18.9 Å². The Labute approximate surface area is 160 Å². The van der Waals surface area contributed by atoms with E-state index in [1.54, 1.807) is 0 Å². The second kappa shape index (κ2) is 10.1. The van der Waals surface area contributed by atoms with Crippen LogP contribution >= 0.6 is 0 Å². The molecule has 0 atom stereocenters. The number of hydrogen-bond donors (Lipinski definition) is 0. The molecule has 0 N–H and O–H groups in total. The van der Waals surface area contributed by atoms with Gasteiger partial charge in [-0.05, 0) is 37.0 Å². The summed E-state index contributed by atoms with van der Waals surface area (Å²) >= 11 is 0. The van der Waals surface area contributed by atoms with Crippen LogP contribution in [0.1, 0.15) is 42.7 Å². The molecule has 0 unspecified atom stereocenters. The quantitative estimate of drug-likeness (QED) is 0.619. The van der Waals surface area contributed by atoms with Crippen molar-refractivity contribution >= 4 is 5.97 Å². The van der Waals surface area contributed by atoms with E-state index in [0.717, 1.165) is 28.9 Å². The molecule has 1 saturated heterocycles. The van der Waals surface area contributed by atoms with Gasteiger partial charge in [0.05, 0.1) is 25.4 Å². The Balaban J connectivity index is 1.73. The van der Waals surface area contributed by atoms with E-state index < -0.39 is 6.29 Å². The van der Waals surface area contributed by atoms with Crippen molar-refractivity contribution in [3.05, 3.63) is 65.2 Å². The molecule has 0 aromatic heterocycles. The fraction of sp³-hybridized carbons (Fsp3) is 0.409. The standard InChI is InChI=1S/C22H26O5/c1-2-24-20(23)13-7-11-18-10-6-12-19(21(18)22-25-14-15-26-22)27-16-17-8-4-3-5-9-17/h3-6,8-10,12,22H,2,7,11,13-16H2,1H3. The molecule has 0 saturated carbocycles. The van der Waals surface area contributed by atoms with E-state index in [4.69, 9.17) is 18.9 Å². The predicted octanol–water partition coefficient (Wildman–Crippen LogP) is 4.20. The molecule has 5 nitrogen and oxygen atoms in total. The molecule has 1 aliphatic heterocycles. The highest BCUT2D eigenvalue weighted by Gasteiger charge is 2.25. The summed E-state index contributed by atoms with van der Waals surface area (Å²) in [6.07, 6.45) is 1.42. The smallest absolute Gasteiger partial charge is 0.305 e. The molecule has 1 fully saturated rings. The van der Waals surface area contributed by atoms with Crippen LogP contribution in [0.2, 0.25) is 0 Å². The fourth-order valence-corrected chi connectivity index (χ4v) is 3.12. The van der Waals surface area contributed by atoms with Gasteiger partial charge in [-0.15, -0.1) is 0 Å². The zero-order chi connectivity index (χ0) is 18.9. The van der Waals surface area contributed by atoms with Crippen LogP contribution in [0, 0.1) is 0 Å². The Morgan fingerprint density at radius 2 is 1.85 bits per heavy atom. The first kappa shape index (κ1) is 19.4. The normalized spacial score (nSPS) is 14.3. The molecule has 3 rings (SSSR count). The maximum Gasteiger partial charge on any atom is 0.305 e. The Bertz CT molecular complexity index is 723. The summed E-state index contributed by atoms with van der Waals surface area (Å²) < 4.78 is 22.6. The Hall–Kier alpha value is -2.37. The number of carbonyl (C=O) groups excluding carboxylic acids is 1. The number of carbonyl (C=O) groups is 1. The molecule has 5 heteroatoms. The Morgan fingerprint density at radius 3 is 2.59 bits per heavy atom. The van der Waals surface area contributed by atoms with E-state index in [2.05, 4.69) is 0 Å². The highest BCUT2D eigenvalue weighted by molar-refractivity contribution is 5.69. The average molecular weight is 370 g/mol. The molecule has 144 valence electrons. The summed E-state index contributed by atoms with van der Waals surface area (Å²) in [7, 11) is 0. The van der Waals surface area contributed by atoms with Crippen LogP contribution in [0.3, 0.4) is 0 Å². The summed E-state index contributed by atoms with van der Waals surface area (Å²) in [5.74, 6) is 0.600. The van der Waals surface area contributed by atoms with Gasteiger partial charge >= 0.3 is 5.97 Å². The maximum atomic E-state index is 11.6. The van der Waals surface area contributed by atoms with Crippen molar-refractivity contribution in [1.82, 2.24) is 0 Å². The van der Waals surface area contributed by atoms with Crippen molar-refractivity contribution in [2.75, 3.05) is 19.8 Å². The third kappa shape index (κ3) is 5.55. The van der Waals surface area contributed by atoms with Crippen LogP contribution in [0.25, 0.3) is 0 Å². The van der Waals surface area contributed by atoms with Crippen molar-refractivity contribution in [2.24, 2.45) is 0 Å². The lowest BCUT2D eigenvalue weighted by atomic mass is 10.00. The summed E-state index contributed by atoms with van der Waals surface area (Å²) in [5, 5.41) is 0.